The van der Waals surface area contributed by atoms with Crippen LogP contribution in [0.1, 0.15) is 46.0 Å². The molecule has 122 valence electrons. The first-order valence-electron chi connectivity index (χ1n) is 8.56. The van der Waals surface area contributed by atoms with Crippen molar-refractivity contribution in [3.8, 4) is 0 Å². The van der Waals surface area contributed by atoms with E-state index in [2.05, 4.69) is 22.5 Å². The molecule has 0 aromatic rings. The highest BCUT2D eigenvalue weighted by atomic mass is 16.5. The molecule has 1 aliphatic heterocycles. The number of hydrogen-bond acceptors (Lipinski definition) is 4. The van der Waals surface area contributed by atoms with Crippen LogP contribution in [0.5, 0.6) is 0 Å². The Morgan fingerprint density at radius 2 is 2.10 bits per heavy atom. The maximum absolute atomic E-state index is 12.2. The smallest absolute Gasteiger partial charge is 0.237 e. The quantitative estimate of drug-likeness (QED) is 0.772. The van der Waals surface area contributed by atoms with Crippen molar-refractivity contribution in [2.75, 3.05) is 32.8 Å². The van der Waals surface area contributed by atoms with E-state index in [1.807, 2.05) is 6.92 Å². The van der Waals surface area contributed by atoms with Gasteiger partial charge in [0.15, 0.2) is 0 Å². The van der Waals surface area contributed by atoms with E-state index in [0.717, 1.165) is 45.6 Å². The molecule has 2 aliphatic rings. The van der Waals surface area contributed by atoms with Gasteiger partial charge in [-0.15, -0.1) is 0 Å². The fourth-order valence-corrected chi connectivity index (χ4v) is 3.17. The molecule has 1 aliphatic carbocycles. The lowest BCUT2D eigenvalue weighted by Gasteiger charge is -2.33. The number of rotatable bonds is 6. The number of amides is 1. The molecular weight excluding hydrogens is 266 g/mol. The molecule has 0 radical (unpaired) electrons. The lowest BCUT2D eigenvalue weighted by atomic mass is 9.95. The third-order valence-corrected chi connectivity index (χ3v) is 4.67. The third kappa shape index (κ3) is 5.57. The van der Waals surface area contributed by atoms with Crippen LogP contribution in [0.3, 0.4) is 0 Å². The summed E-state index contributed by atoms with van der Waals surface area (Å²) >= 11 is 0. The van der Waals surface area contributed by atoms with Crippen molar-refractivity contribution in [1.29, 1.82) is 0 Å². The van der Waals surface area contributed by atoms with Gasteiger partial charge in [-0.2, -0.15) is 0 Å². The predicted octanol–water partition coefficient (Wildman–Crippen LogP) is 1.13. The van der Waals surface area contributed by atoms with Crippen LogP contribution in [0, 0.1) is 0 Å². The van der Waals surface area contributed by atoms with E-state index in [0.29, 0.717) is 6.04 Å². The predicted molar refractivity (Wildman–Crippen MR) is 84.3 cm³/mol. The van der Waals surface area contributed by atoms with Gasteiger partial charge < -0.3 is 15.4 Å². The lowest BCUT2D eigenvalue weighted by Crippen LogP contribution is -2.51. The Morgan fingerprint density at radius 3 is 2.81 bits per heavy atom. The zero-order chi connectivity index (χ0) is 15.1. The third-order valence-electron chi connectivity index (χ3n) is 4.67. The molecule has 2 N–H and O–H groups in total. The van der Waals surface area contributed by atoms with Gasteiger partial charge in [0.1, 0.15) is 0 Å². The van der Waals surface area contributed by atoms with Crippen molar-refractivity contribution in [2.45, 2.75) is 64.1 Å². The van der Waals surface area contributed by atoms with Crippen LogP contribution in [-0.4, -0.2) is 61.8 Å². The van der Waals surface area contributed by atoms with Crippen LogP contribution in [0.4, 0.5) is 0 Å². The zero-order valence-electron chi connectivity index (χ0n) is 13.6. The van der Waals surface area contributed by atoms with Gasteiger partial charge in [-0.1, -0.05) is 26.2 Å². The van der Waals surface area contributed by atoms with Crippen molar-refractivity contribution in [2.24, 2.45) is 0 Å². The van der Waals surface area contributed by atoms with Gasteiger partial charge >= 0.3 is 0 Å². The molecule has 1 saturated carbocycles. The SMILES string of the molecule is CCN1CCOC(CNC(C)C(=O)NC2CCCCC2)C1. The number of carbonyl (C=O) groups excluding carboxylic acids is 1. The zero-order valence-corrected chi connectivity index (χ0v) is 13.6. The number of nitrogens with one attached hydrogen (secondary N) is 2. The van der Waals surface area contributed by atoms with Crippen LogP contribution in [-0.2, 0) is 9.53 Å². The van der Waals surface area contributed by atoms with Crippen molar-refractivity contribution in [1.82, 2.24) is 15.5 Å². The molecule has 2 unspecified atom stereocenters. The molecular formula is C16H31N3O2. The topological polar surface area (TPSA) is 53.6 Å². The molecule has 2 atom stereocenters. The Labute approximate surface area is 128 Å². The van der Waals surface area contributed by atoms with E-state index < -0.39 is 0 Å². The van der Waals surface area contributed by atoms with Crippen LogP contribution in [0.2, 0.25) is 0 Å². The summed E-state index contributed by atoms with van der Waals surface area (Å²) in [5, 5.41) is 6.50. The summed E-state index contributed by atoms with van der Waals surface area (Å²) in [6.07, 6.45) is 6.27. The van der Waals surface area contributed by atoms with Crippen LogP contribution < -0.4 is 10.6 Å². The molecule has 2 rings (SSSR count). The van der Waals surface area contributed by atoms with Gasteiger partial charge in [-0.05, 0) is 26.3 Å². The monoisotopic (exact) mass is 297 g/mol. The molecule has 5 heteroatoms. The van der Waals surface area contributed by atoms with Crippen LogP contribution in [0.25, 0.3) is 0 Å². The minimum absolute atomic E-state index is 0.130. The molecule has 0 bridgehead atoms. The first-order valence-corrected chi connectivity index (χ1v) is 8.56. The molecule has 0 aromatic carbocycles. The lowest BCUT2D eigenvalue weighted by molar-refractivity contribution is -0.123. The Bertz CT molecular complexity index is 319. The van der Waals surface area contributed by atoms with Crippen molar-refractivity contribution >= 4 is 5.91 Å². The second kappa shape index (κ2) is 8.71. The van der Waals surface area contributed by atoms with Gasteiger partial charge in [-0.25, -0.2) is 0 Å². The Kier molecular flexibility index (Phi) is 6.93. The highest BCUT2D eigenvalue weighted by Gasteiger charge is 2.22. The summed E-state index contributed by atoms with van der Waals surface area (Å²) in [7, 11) is 0. The number of carbonyl (C=O) groups is 1. The van der Waals surface area contributed by atoms with E-state index >= 15 is 0 Å². The Hall–Kier alpha value is -0.650. The summed E-state index contributed by atoms with van der Waals surface area (Å²) in [4.78, 5) is 14.6. The van der Waals surface area contributed by atoms with Crippen molar-refractivity contribution in [3.63, 3.8) is 0 Å². The van der Waals surface area contributed by atoms with E-state index in [9.17, 15) is 4.79 Å². The Balaban J connectivity index is 1.65. The van der Waals surface area contributed by atoms with E-state index in [-0.39, 0.29) is 18.1 Å². The largest absolute Gasteiger partial charge is 0.374 e. The summed E-state index contributed by atoms with van der Waals surface area (Å²) in [5.41, 5.74) is 0. The fraction of sp³-hybridized carbons (Fsp3) is 0.938. The molecule has 0 spiro atoms. The summed E-state index contributed by atoms with van der Waals surface area (Å²) in [6.45, 7) is 8.70. The molecule has 2 fully saturated rings. The maximum atomic E-state index is 12.2. The summed E-state index contributed by atoms with van der Waals surface area (Å²) < 4.78 is 5.75. The molecule has 21 heavy (non-hydrogen) atoms. The number of nitrogens with zero attached hydrogens (tertiary/aromatic N) is 1. The van der Waals surface area contributed by atoms with Gasteiger partial charge in [0.2, 0.25) is 5.91 Å². The maximum Gasteiger partial charge on any atom is 0.237 e. The molecule has 1 saturated heterocycles. The first-order chi connectivity index (χ1) is 10.2. The minimum atomic E-state index is -0.146. The molecule has 1 amide bonds. The highest BCUT2D eigenvalue weighted by molar-refractivity contribution is 5.81. The number of ether oxygens (including phenoxy) is 1. The molecule has 5 nitrogen and oxygen atoms in total. The fourth-order valence-electron chi connectivity index (χ4n) is 3.17. The molecule has 1 heterocycles. The standard InChI is InChI=1S/C16H31N3O2/c1-3-19-9-10-21-15(12-19)11-17-13(2)16(20)18-14-7-5-4-6-8-14/h13-15,17H,3-12H2,1-2H3,(H,18,20). The Morgan fingerprint density at radius 1 is 1.33 bits per heavy atom. The van der Waals surface area contributed by atoms with E-state index in [1.54, 1.807) is 0 Å². The summed E-state index contributed by atoms with van der Waals surface area (Å²) in [6, 6.07) is 0.240. The second-order valence-corrected chi connectivity index (χ2v) is 6.36. The van der Waals surface area contributed by atoms with Crippen LogP contribution >= 0.6 is 0 Å². The van der Waals surface area contributed by atoms with Crippen LogP contribution in [0.15, 0.2) is 0 Å². The van der Waals surface area contributed by atoms with Gasteiger partial charge in [-0.3, -0.25) is 9.69 Å². The second-order valence-electron chi connectivity index (χ2n) is 6.36. The van der Waals surface area contributed by atoms with E-state index in [1.165, 1.54) is 19.3 Å². The first kappa shape index (κ1) is 16.7. The molecule has 0 aromatic heterocycles. The summed E-state index contributed by atoms with van der Waals surface area (Å²) in [5.74, 6) is 0.130. The van der Waals surface area contributed by atoms with Gasteiger partial charge in [0, 0.05) is 25.7 Å². The number of likely N-dealkylation sites (N-methyl/N-ethyl adjacent to an activating group) is 1. The minimum Gasteiger partial charge on any atom is -0.374 e. The van der Waals surface area contributed by atoms with Crippen molar-refractivity contribution in [3.05, 3.63) is 0 Å². The van der Waals surface area contributed by atoms with Crippen molar-refractivity contribution < 1.29 is 9.53 Å². The van der Waals surface area contributed by atoms with Gasteiger partial charge in [0.25, 0.3) is 0 Å². The average molecular weight is 297 g/mol. The highest BCUT2D eigenvalue weighted by Crippen LogP contribution is 2.17. The normalized spacial score (nSPS) is 26.5. The van der Waals surface area contributed by atoms with Gasteiger partial charge in [0.05, 0.1) is 18.8 Å². The average Bonchev–Trinajstić information content (AvgIpc) is 2.53. The number of hydrogen-bond donors (Lipinski definition) is 2. The number of morpholine rings is 1. The van der Waals surface area contributed by atoms with E-state index in [4.69, 9.17) is 4.74 Å².